The van der Waals surface area contributed by atoms with Gasteiger partial charge < -0.3 is 52.8 Å². The van der Waals surface area contributed by atoms with E-state index in [0.29, 0.717) is 40.4 Å². The predicted molar refractivity (Wildman–Crippen MR) is 483 cm³/mol. The molecule has 7 heterocycles. The first kappa shape index (κ1) is 86.6. The molecule has 0 atom stereocenters. The Balaban J connectivity index is 0.000000151. The van der Waals surface area contributed by atoms with Gasteiger partial charge in [-0.2, -0.15) is 0 Å². The molecule has 3 saturated heterocycles. The summed E-state index contributed by atoms with van der Waals surface area (Å²) in [5.74, 6) is 2.59. The Bertz CT molecular complexity index is 4730. The third-order valence-corrected chi connectivity index (χ3v) is 20.7. The van der Waals surface area contributed by atoms with E-state index in [4.69, 9.17) is 96.9 Å². The zero-order chi connectivity index (χ0) is 79.8. The zero-order valence-corrected chi connectivity index (χ0v) is 71.0. The van der Waals surface area contributed by atoms with E-state index in [0.717, 1.165) is 153 Å². The summed E-state index contributed by atoms with van der Waals surface area (Å²) in [6, 6.07) is 73.2. The Hall–Kier alpha value is -7.77. The fourth-order valence-corrected chi connectivity index (χ4v) is 15.0. The number of pyridine rings is 4. The highest BCUT2D eigenvalue weighted by molar-refractivity contribution is 6.38. The van der Waals surface area contributed by atoms with Gasteiger partial charge >= 0.3 is 0 Å². The molecule has 3 fully saturated rings. The molecule has 590 valence electrons. The van der Waals surface area contributed by atoms with Crippen molar-refractivity contribution in [2.75, 3.05) is 65.0 Å². The van der Waals surface area contributed by atoms with E-state index in [1.807, 2.05) is 152 Å². The lowest BCUT2D eigenvalue weighted by Crippen LogP contribution is -2.49. The van der Waals surface area contributed by atoms with Crippen molar-refractivity contribution in [2.24, 2.45) is 5.73 Å². The Kier molecular flexibility index (Phi) is 32.5. The number of hydrogen-bond donors (Lipinski definition) is 8. The number of para-hydroxylation sites is 4. The van der Waals surface area contributed by atoms with E-state index in [2.05, 4.69) is 180 Å². The molecule has 0 aliphatic carbocycles. The molecule has 112 heavy (non-hydrogen) atoms. The fraction of sp³-hybridized carbons (Fsp3) is 0.341. The average Bonchev–Trinajstić information content (AvgIpc) is 0.780. The predicted octanol–water partition coefficient (Wildman–Crippen LogP) is 23.3. The molecule has 0 spiro atoms. The van der Waals surface area contributed by atoms with Gasteiger partial charge in [0, 0.05) is 152 Å². The number of hydrogen-bond acceptors (Lipinski definition) is 14. The van der Waals surface area contributed by atoms with E-state index in [1.54, 1.807) is 6.07 Å². The number of halogens is 7. The van der Waals surface area contributed by atoms with E-state index < -0.39 is 0 Å². The lowest BCUT2D eigenvalue weighted by atomic mass is 9.99. The largest absolute Gasteiger partial charge is 0.371 e. The summed E-state index contributed by atoms with van der Waals surface area (Å²) in [5, 5.41) is 33.9. The number of nitrogens with zero attached hydrogens (tertiary/aromatic N) is 6. The van der Waals surface area contributed by atoms with E-state index in [9.17, 15) is 0 Å². The Morgan fingerprint density at radius 3 is 0.973 bits per heavy atom. The van der Waals surface area contributed by atoms with E-state index in [1.165, 1.54) is 59.2 Å². The maximum absolute atomic E-state index is 6.27. The van der Waals surface area contributed by atoms with Crippen LogP contribution < -0.4 is 52.8 Å². The van der Waals surface area contributed by atoms with Crippen LogP contribution in [0, 0.1) is 0 Å². The van der Waals surface area contributed by atoms with Crippen molar-refractivity contribution in [3.63, 3.8) is 0 Å². The highest BCUT2D eigenvalue weighted by Gasteiger charge is 2.27. The maximum atomic E-state index is 6.27. The van der Waals surface area contributed by atoms with Crippen molar-refractivity contribution in [3.8, 4) is 0 Å². The third-order valence-electron chi connectivity index (χ3n) is 18.9. The van der Waals surface area contributed by atoms with Crippen molar-refractivity contribution < 1.29 is 0 Å². The number of benzene rings is 8. The molecule has 3 aliphatic heterocycles. The molecule has 14 nitrogen and oxygen atoms in total. The molecule has 0 unspecified atom stereocenters. The van der Waals surface area contributed by atoms with Crippen molar-refractivity contribution in [1.29, 1.82) is 0 Å². The molecule has 0 bridgehead atoms. The first-order valence-corrected chi connectivity index (χ1v) is 41.3. The number of nitrogens with two attached hydrogens (primary N) is 1. The van der Waals surface area contributed by atoms with Crippen molar-refractivity contribution in [1.82, 2.24) is 41.2 Å². The minimum Gasteiger partial charge on any atom is -0.371 e. The van der Waals surface area contributed by atoms with E-state index in [-0.39, 0.29) is 16.6 Å². The van der Waals surface area contributed by atoms with Gasteiger partial charge in [-0.3, -0.25) is 0 Å². The Morgan fingerprint density at radius 1 is 0.348 bits per heavy atom. The van der Waals surface area contributed by atoms with Gasteiger partial charge in [0.1, 0.15) is 22.6 Å². The van der Waals surface area contributed by atoms with Crippen LogP contribution in [0.15, 0.2) is 218 Å². The average molecular weight is 1650 g/mol. The van der Waals surface area contributed by atoms with Crippen LogP contribution in [0.5, 0.6) is 0 Å². The van der Waals surface area contributed by atoms with Crippen molar-refractivity contribution in [2.45, 2.75) is 162 Å². The fourth-order valence-electron chi connectivity index (χ4n) is 13.7. The highest BCUT2D eigenvalue weighted by atomic mass is 35.5. The molecule has 0 amide bonds. The van der Waals surface area contributed by atoms with Crippen LogP contribution in [0.2, 0.25) is 35.3 Å². The molecular weight excluding hydrogens is 1540 g/mol. The molecular formula is C91H107Cl7N14. The molecule has 15 rings (SSSR count). The zero-order valence-electron chi connectivity index (χ0n) is 65.7. The highest BCUT2D eigenvalue weighted by Crippen LogP contribution is 2.35. The van der Waals surface area contributed by atoms with Crippen LogP contribution in [0.25, 0.3) is 43.6 Å². The first-order chi connectivity index (χ1) is 53.6. The molecule has 21 heteroatoms. The third kappa shape index (κ3) is 28.4. The number of anilines is 5. The molecule has 8 aromatic carbocycles. The second-order valence-corrected chi connectivity index (χ2v) is 34.5. The Labute approximate surface area is 698 Å². The monoisotopic (exact) mass is 1640 g/mol. The molecule has 0 radical (unpaired) electrons. The van der Waals surface area contributed by atoms with E-state index >= 15 is 0 Å². The van der Waals surface area contributed by atoms with Crippen LogP contribution in [0.1, 0.15) is 123 Å². The van der Waals surface area contributed by atoms with Gasteiger partial charge in [0.25, 0.3) is 0 Å². The van der Waals surface area contributed by atoms with Gasteiger partial charge in [0.2, 0.25) is 0 Å². The van der Waals surface area contributed by atoms with Gasteiger partial charge in [0.15, 0.2) is 0 Å². The molecule has 12 aromatic rings. The molecule has 3 aliphatic rings. The lowest BCUT2D eigenvalue weighted by molar-refractivity contribution is 0.304. The number of fused-ring (bicyclic) bond motifs is 4. The maximum Gasteiger partial charge on any atom is 0.131 e. The normalized spacial score (nSPS) is 14.3. The van der Waals surface area contributed by atoms with Crippen LogP contribution >= 0.6 is 81.2 Å². The second-order valence-electron chi connectivity index (χ2n) is 31.5. The summed E-state index contributed by atoms with van der Waals surface area (Å²) in [7, 11) is 0. The quantitative estimate of drug-likeness (QED) is 0.0457. The number of aromatic nitrogens is 4. The lowest BCUT2D eigenvalue weighted by Gasteiger charge is -2.37. The van der Waals surface area contributed by atoms with Crippen LogP contribution in [0.4, 0.5) is 28.8 Å². The van der Waals surface area contributed by atoms with Gasteiger partial charge in [-0.1, -0.05) is 203 Å². The summed E-state index contributed by atoms with van der Waals surface area (Å²) in [6.07, 6.45) is 7.17. The van der Waals surface area contributed by atoms with Crippen LogP contribution in [-0.2, 0) is 26.2 Å². The summed E-state index contributed by atoms with van der Waals surface area (Å²) in [5.41, 5.74) is 16.9. The minimum atomic E-state index is 0.162. The van der Waals surface area contributed by atoms with Gasteiger partial charge in [-0.05, 0) is 221 Å². The van der Waals surface area contributed by atoms with Gasteiger partial charge in [-0.25, -0.2) is 19.9 Å². The SMILES string of the molecule is CC(C)(C)NC1CCN(c2cc(NCc3ccc(Cl)cc3)nc3ccccc23)CC1.CC(C)(C)NC1CCN(c2cc(NCc3ccc(Cl)cc3)nc3ccccc23)CC1.CC(C)(C)NC1CCNCC1.Clc1cc(Cl)c2ccccc2n1.Clc1ccc(CNc2cc(Cl)c3ccccc3n2)cc1.NCc1ccc(Cl)cc1. The number of rotatable bonds is 15. The summed E-state index contributed by atoms with van der Waals surface area (Å²) in [4.78, 5) is 23.4. The molecule has 4 aromatic heterocycles. The van der Waals surface area contributed by atoms with Crippen LogP contribution in [-0.4, -0.2) is 93.9 Å². The smallest absolute Gasteiger partial charge is 0.131 e. The number of piperidine rings is 3. The summed E-state index contributed by atoms with van der Waals surface area (Å²) < 4.78 is 0. The van der Waals surface area contributed by atoms with Gasteiger partial charge in [-0.15, -0.1) is 0 Å². The second kappa shape index (κ2) is 42.0. The van der Waals surface area contributed by atoms with Gasteiger partial charge in [0.05, 0.1) is 32.1 Å². The Morgan fingerprint density at radius 2 is 0.634 bits per heavy atom. The summed E-state index contributed by atoms with van der Waals surface area (Å²) >= 11 is 41.4. The molecule has 0 saturated carbocycles. The van der Waals surface area contributed by atoms with Crippen molar-refractivity contribution in [3.05, 3.63) is 276 Å². The van der Waals surface area contributed by atoms with Crippen LogP contribution in [0.3, 0.4) is 0 Å². The topological polar surface area (TPSA) is 168 Å². The molecule has 9 N–H and O–H groups in total. The first-order valence-electron chi connectivity index (χ1n) is 38.6. The summed E-state index contributed by atoms with van der Waals surface area (Å²) in [6.45, 7) is 29.4. The number of nitrogens with one attached hydrogen (secondary N) is 7. The standard InChI is InChI=1S/2C25H31ClN4.C16H12Cl2N2.C9H5Cl2N.C9H20N2.C7H8ClN/c2*1-25(2,3)29-20-12-14-30(15-13-20)23-16-24(28-22-7-5-4-6-21(22)23)27-17-18-8-10-19(26)11-9-18;17-12-7-5-11(6-8-12)10-19-16-9-14(18)13-3-1-2-4-15(13)20-16;10-7-5-9(11)12-8-4-2-1-3-6(7)8;1-9(2,3)11-8-4-6-10-7-5-8;8-7-3-1-6(5-9)2-4-7/h2*4-11,16,20,29H,12-15,17H2,1-3H3,(H,27,28);1-9H,10H2,(H,19,20);1-5H;8,10-11H,4-7H2,1-3H3;1-4H,5,9H2. The van der Waals surface area contributed by atoms with Crippen molar-refractivity contribution >= 4 is 154 Å². The minimum absolute atomic E-state index is 0.162.